The van der Waals surface area contributed by atoms with E-state index in [4.69, 9.17) is 4.42 Å². The van der Waals surface area contributed by atoms with Gasteiger partial charge in [-0.2, -0.15) is 0 Å². The van der Waals surface area contributed by atoms with Crippen LogP contribution in [0.25, 0.3) is 16.3 Å². The van der Waals surface area contributed by atoms with Gasteiger partial charge in [0.05, 0.1) is 12.1 Å². The standard InChI is InChI=1S/C19H19N3O3S/c1-11-9-13(11)15-5-3-12(25-15)4-6-17(23)22(2)10-16-20-14-7-8-26-18(14)19(24)21-16/h3-8,11,13H,9-10H2,1-2H3,(H,20,21,24)/b6-4+. The molecule has 2 unspecified atom stereocenters. The van der Waals surface area contributed by atoms with Crippen molar-refractivity contribution in [3.8, 4) is 0 Å². The third-order valence-corrected chi connectivity index (χ3v) is 5.54. The molecule has 2 atom stereocenters. The zero-order valence-corrected chi connectivity index (χ0v) is 15.4. The zero-order valence-electron chi connectivity index (χ0n) is 14.6. The first-order valence-corrected chi connectivity index (χ1v) is 9.38. The molecule has 26 heavy (non-hydrogen) atoms. The Balaban J connectivity index is 1.42. The highest BCUT2D eigenvalue weighted by Crippen LogP contribution is 2.47. The average Bonchev–Trinajstić information content (AvgIpc) is 3.03. The lowest BCUT2D eigenvalue weighted by molar-refractivity contribution is -0.125. The molecule has 1 fully saturated rings. The van der Waals surface area contributed by atoms with Crippen LogP contribution < -0.4 is 5.56 Å². The maximum Gasteiger partial charge on any atom is 0.268 e. The molecule has 1 amide bonds. The predicted octanol–water partition coefficient (Wildman–Crippen LogP) is 3.37. The van der Waals surface area contributed by atoms with Gasteiger partial charge >= 0.3 is 0 Å². The predicted molar refractivity (Wildman–Crippen MR) is 101 cm³/mol. The average molecular weight is 369 g/mol. The molecule has 0 aliphatic heterocycles. The van der Waals surface area contributed by atoms with Gasteiger partial charge in [-0.15, -0.1) is 11.3 Å². The van der Waals surface area contributed by atoms with Gasteiger partial charge in [-0.25, -0.2) is 4.98 Å². The van der Waals surface area contributed by atoms with Gasteiger partial charge in [0.2, 0.25) is 5.91 Å². The Morgan fingerprint density at radius 3 is 3.04 bits per heavy atom. The first-order chi connectivity index (χ1) is 12.5. The molecule has 4 rings (SSSR count). The van der Waals surface area contributed by atoms with E-state index in [9.17, 15) is 9.59 Å². The van der Waals surface area contributed by atoms with Crippen LogP contribution in [-0.4, -0.2) is 27.8 Å². The Kier molecular flexibility index (Phi) is 4.24. The second kappa shape index (κ2) is 6.57. The number of aromatic amines is 1. The van der Waals surface area contributed by atoms with Gasteiger partial charge in [0.1, 0.15) is 22.0 Å². The number of amides is 1. The van der Waals surface area contributed by atoms with E-state index < -0.39 is 0 Å². The monoisotopic (exact) mass is 369 g/mol. The van der Waals surface area contributed by atoms with Crippen molar-refractivity contribution in [3.63, 3.8) is 0 Å². The van der Waals surface area contributed by atoms with E-state index in [1.807, 2.05) is 17.5 Å². The summed E-state index contributed by atoms with van der Waals surface area (Å²) in [6.45, 7) is 2.43. The van der Waals surface area contributed by atoms with E-state index in [1.54, 1.807) is 19.2 Å². The molecule has 0 radical (unpaired) electrons. The zero-order chi connectivity index (χ0) is 18.3. The van der Waals surface area contributed by atoms with Crippen molar-refractivity contribution in [3.05, 3.63) is 57.4 Å². The van der Waals surface area contributed by atoms with E-state index in [0.29, 0.717) is 33.6 Å². The van der Waals surface area contributed by atoms with E-state index in [-0.39, 0.29) is 18.0 Å². The molecule has 3 aromatic rings. The summed E-state index contributed by atoms with van der Waals surface area (Å²) in [5, 5.41) is 1.83. The summed E-state index contributed by atoms with van der Waals surface area (Å²) in [7, 11) is 1.67. The molecule has 1 N–H and O–H groups in total. The van der Waals surface area contributed by atoms with Crippen molar-refractivity contribution in [2.45, 2.75) is 25.8 Å². The third kappa shape index (κ3) is 3.35. The Morgan fingerprint density at radius 1 is 1.46 bits per heavy atom. The Labute approximate surface area is 154 Å². The number of H-pyrrole nitrogens is 1. The largest absolute Gasteiger partial charge is 0.461 e. The highest BCUT2D eigenvalue weighted by Gasteiger charge is 2.36. The van der Waals surface area contributed by atoms with E-state index >= 15 is 0 Å². The van der Waals surface area contributed by atoms with Crippen LogP contribution in [0.4, 0.5) is 0 Å². The number of aromatic nitrogens is 2. The first-order valence-electron chi connectivity index (χ1n) is 8.50. The molecule has 3 heterocycles. The number of carbonyl (C=O) groups is 1. The molecule has 7 heteroatoms. The minimum absolute atomic E-state index is 0.172. The van der Waals surface area contributed by atoms with E-state index in [2.05, 4.69) is 16.9 Å². The van der Waals surface area contributed by atoms with Gasteiger partial charge in [0.25, 0.3) is 5.56 Å². The lowest BCUT2D eigenvalue weighted by Crippen LogP contribution is -2.26. The molecule has 0 aromatic carbocycles. The smallest absolute Gasteiger partial charge is 0.268 e. The number of hydrogen-bond donors (Lipinski definition) is 1. The lowest BCUT2D eigenvalue weighted by Gasteiger charge is -2.14. The fourth-order valence-corrected chi connectivity index (χ4v) is 3.68. The Morgan fingerprint density at radius 2 is 2.27 bits per heavy atom. The Bertz CT molecular complexity index is 1050. The molecule has 1 aliphatic carbocycles. The van der Waals surface area contributed by atoms with Gasteiger partial charge in [-0.1, -0.05) is 6.92 Å². The van der Waals surface area contributed by atoms with E-state index in [0.717, 1.165) is 12.2 Å². The van der Waals surface area contributed by atoms with Gasteiger partial charge in [-0.3, -0.25) is 9.59 Å². The fourth-order valence-electron chi connectivity index (χ4n) is 2.96. The number of likely N-dealkylation sites (N-methyl/N-ethyl adjacent to an activating group) is 1. The summed E-state index contributed by atoms with van der Waals surface area (Å²) in [5.74, 6) is 3.14. The second-order valence-electron chi connectivity index (χ2n) is 6.73. The van der Waals surface area contributed by atoms with Crippen LogP contribution >= 0.6 is 11.3 Å². The van der Waals surface area contributed by atoms with Crippen LogP contribution in [0.5, 0.6) is 0 Å². The number of fused-ring (bicyclic) bond motifs is 1. The van der Waals surface area contributed by atoms with Gasteiger partial charge < -0.3 is 14.3 Å². The molecular formula is C19H19N3O3S. The van der Waals surface area contributed by atoms with E-state index in [1.165, 1.54) is 22.3 Å². The van der Waals surface area contributed by atoms with Crippen LogP contribution in [0.2, 0.25) is 0 Å². The summed E-state index contributed by atoms with van der Waals surface area (Å²) in [4.78, 5) is 32.9. The number of nitrogens with zero attached hydrogens (tertiary/aromatic N) is 2. The van der Waals surface area contributed by atoms with Crippen molar-refractivity contribution in [2.75, 3.05) is 7.05 Å². The number of rotatable bonds is 5. The molecule has 3 aromatic heterocycles. The maximum absolute atomic E-state index is 12.3. The lowest BCUT2D eigenvalue weighted by atomic mass is 10.3. The fraction of sp³-hybridized carbons (Fsp3) is 0.316. The molecule has 6 nitrogen and oxygen atoms in total. The number of carbonyl (C=O) groups excluding carboxylic acids is 1. The van der Waals surface area contributed by atoms with Gasteiger partial charge in [0.15, 0.2) is 0 Å². The van der Waals surface area contributed by atoms with Crippen molar-refractivity contribution in [1.29, 1.82) is 0 Å². The van der Waals surface area contributed by atoms with Crippen LogP contribution in [0.1, 0.15) is 36.6 Å². The molecule has 134 valence electrons. The first kappa shape index (κ1) is 16.8. The highest BCUT2D eigenvalue weighted by molar-refractivity contribution is 7.17. The molecule has 0 saturated heterocycles. The Hall–Kier alpha value is -2.67. The van der Waals surface area contributed by atoms with Crippen molar-refractivity contribution >= 4 is 33.5 Å². The quantitative estimate of drug-likeness (QED) is 0.699. The normalized spacial score (nSPS) is 19.3. The molecule has 0 spiro atoms. The molecule has 0 bridgehead atoms. The van der Waals surface area contributed by atoms with Crippen molar-refractivity contribution in [1.82, 2.24) is 14.9 Å². The van der Waals surface area contributed by atoms with Crippen LogP contribution in [0.15, 0.2) is 38.9 Å². The topological polar surface area (TPSA) is 79.2 Å². The summed E-state index contributed by atoms with van der Waals surface area (Å²) >= 11 is 1.35. The van der Waals surface area contributed by atoms with Gasteiger partial charge in [-0.05, 0) is 42.0 Å². The number of thiophene rings is 1. The summed E-state index contributed by atoms with van der Waals surface area (Å²) in [6.07, 6.45) is 4.31. The number of hydrogen-bond acceptors (Lipinski definition) is 5. The van der Waals surface area contributed by atoms with Crippen LogP contribution in [-0.2, 0) is 11.3 Å². The molecular weight excluding hydrogens is 350 g/mol. The third-order valence-electron chi connectivity index (χ3n) is 4.64. The summed E-state index contributed by atoms with van der Waals surface area (Å²) in [5.41, 5.74) is 0.483. The van der Waals surface area contributed by atoms with Crippen LogP contribution in [0.3, 0.4) is 0 Å². The molecule has 1 aliphatic rings. The number of nitrogens with one attached hydrogen (secondary N) is 1. The maximum atomic E-state index is 12.3. The SMILES string of the molecule is CC1CC1c1ccc(/C=C/C(=O)N(C)Cc2nc3ccsc3c(=O)[nH]2)o1. The minimum atomic E-state index is -0.184. The minimum Gasteiger partial charge on any atom is -0.461 e. The summed E-state index contributed by atoms with van der Waals surface area (Å²) < 4.78 is 6.36. The van der Waals surface area contributed by atoms with Gasteiger partial charge in [0, 0.05) is 19.0 Å². The second-order valence-corrected chi connectivity index (χ2v) is 7.65. The van der Waals surface area contributed by atoms with Crippen LogP contribution in [0, 0.1) is 5.92 Å². The highest BCUT2D eigenvalue weighted by atomic mass is 32.1. The van der Waals surface area contributed by atoms with Crippen molar-refractivity contribution < 1.29 is 9.21 Å². The number of furan rings is 1. The molecule has 1 saturated carbocycles. The van der Waals surface area contributed by atoms with Crippen molar-refractivity contribution in [2.24, 2.45) is 5.92 Å². The summed E-state index contributed by atoms with van der Waals surface area (Å²) in [6, 6.07) is 5.66.